The van der Waals surface area contributed by atoms with E-state index in [1.807, 2.05) is 31.2 Å². The van der Waals surface area contributed by atoms with Crippen molar-refractivity contribution in [3.05, 3.63) is 35.3 Å². The van der Waals surface area contributed by atoms with Crippen molar-refractivity contribution in [3.8, 4) is 0 Å². The highest BCUT2D eigenvalue weighted by Gasteiger charge is 2.00. The maximum Gasteiger partial charge on any atom is 0.154 e. The Hall–Kier alpha value is -1.00. The van der Waals surface area contributed by atoms with E-state index in [4.69, 9.17) is 5.73 Å². The summed E-state index contributed by atoms with van der Waals surface area (Å²) in [6, 6.07) is 7.83. The molecule has 0 amide bonds. The number of aryl methyl sites for hydroxylation is 1. The summed E-state index contributed by atoms with van der Waals surface area (Å²) in [6.07, 6.45) is 0. The summed E-state index contributed by atoms with van der Waals surface area (Å²) in [6.45, 7) is 2.00. The highest BCUT2D eigenvalue weighted by molar-refractivity contribution is 8.01. The molecule has 0 aliphatic heterocycles. The lowest BCUT2D eigenvalue weighted by molar-refractivity contribution is 1.16. The van der Waals surface area contributed by atoms with Crippen molar-refractivity contribution < 1.29 is 0 Å². The average molecular weight is 222 g/mol. The molecular weight excluding hydrogens is 212 g/mol. The molecule has 0 saturated carbocycles. The van der Waals surface area contributed by atoms with Gasteiger partial charge in [0.1, 0.15) is 0 Å². The molecule has 1 aromatic heterocycles. The van der Waals surface area contributed by atoms with E-state index in [0.29, 0.717) is 0 Å². The predicted molar refractivity (Wildman–Crippen MR) is 61.8 cm³/mol. The van der Waals surface area contributed by atoms with Crippen LogP contribution >= 0.6 is 23.1 Å². The Morgan fingerprint density at radius 1 is 1.29 bits per heavy atom. The van der Waals surface area contributed by atoms with Crippen LogP contribution in [0.5, 0.6) is 0 Å². The molecule has 0 atom stereocenters. The largest absolute Gasteiger partial charge is 0.399 e. The van der Waals surface area contributed by atoms with Gasteiger partial charge in [-0.1, -0.05) is 11.8 Å². The molecule has 1 heterocycles. The predicted octanol–water partition coefficient (Wildman–Crippen LogP) is 3.18. The first-order valence-corrected chi connectivity index (χ1v) is 5.89. The van der Waals surface area contributed by atoms with Crippen LogP contribution in [0.15, 0.2) is 38.9 Å². The van der Waals surface area contributed by atoms with Crippen molar-refractivity contribution in [1.82, 2.24) is 4.98 Å². The van der Waals surface area contributed by atoms with E-state index in [2.05, 4.69) is 10.4 Å². The first kappa shape index (κ1) is 9.55. The fourth-order valence-electron chi connectivity index (χ4n) is 1.02. The number of nitrogens with two attached hydrogens (primary N) is 1. The van der Waals surface area contributed by atoms with Crippen molar-refractivity contribution in [3.63, 3.8) is 0 Å². The van der Waals surface area contributed by atoms with Gasteiger partial charge in [0.25, 0.3) is 0 Å². The van der Waals surface area contributed by atoms with Crippen molar-refractivity contribution >= 4 is 28.8 Å². The molecule has 2 nitrogen and oxygen atoms in total. The van der Waals surface area contributed by atoms with E-state index >= 15 is 0 Å². The van der Waals surface area contributed by atoms with Crippen LogP contribution < -0.4 is 5.73 Å². The second kappa shape index (κ2) is 4.02. The Balaban J connectivity index is 2.15. The van der Waals surface area contributed by atoms with Crippen LogP contribution in [0, 0.1) is 6.92 Å². The van der Waals surface area contributed by atoms with E-state index in [0.717, 1.165) is 15.7 Å². The summed E-state index contributed by atoms with van der Waals surface area (Å²) in [4.78, 5) is 5.55. The topological polar surface area (TPSA) is 38.9 Å². The van der Waals surface area contributed by atoms with Gasteiger partial charge in [0, 0.05) is 21.7 Å². The SMILES string of the molecule is Cc1csc(Sc2ccc(N)cc2)n1. The summed E-state index contributed by atoms with van der Waals surface area (Å²) in [5.74, 6) is 0. The zero-order valence-electron chi connectivity index (χ0n) is 7.73. The van der Waals surface area contributed by atoms with Crippen LogP contribution in [0.25, 0.3) is 0 Å². The van der Waals surface area contributed by atoms with Gasteiger partial charge in [0.05, 0.1) is 0 Å². The van der Waals surface area contributed by atoms with Gasteiger partial charge in [0.15, 0.2) is 4.34 Å². The smallest absolute Gasteiger partial charge is 0.154 e. The van der Waals surface area contributed by atoms with Crippen LogP contribution in [0.1, 0.15) is 5.69 Å². The first-order chi connectivity index (χ1) is 6.74. The number of benzene rings is 1. The molecule has 2 aromatic rings. The van der Waals surface area contributed by atoms with E-state index in [9.17, 15) is 0 Å². The van der Waals surface area contributed by atoms with Gasteiger partial charge < -0.3 is 5.73 Å². The quantitative estimate of drug-likeness (QED) is 0.793. The first-order valence-electron chi connectivity index (χ1n) is 4.19. The summed E-state index contributed by atoms with van der Waals surface area (Å²) in [7, 11) is 0. The third-order valence-corrected chi connectivity index (χ3v) is 3.75. The maximum absolute atomic E-state index is 5.60. The third kappa shape index (κ3) is 2.27. The van der Waals surface area contributed by atoms with E-state index < -0.39 is 0 Å². The Labute approximate surface area is 91.2 Å². The summed E-state index contributed by atoms with van der Waals surface area (Å²) < 4.78 is 1.08. The highest BCUT2D eigenvalue weighted by atomic mass is 32.2. The van der Waals surface area contributed by atoms with Crippen LogP contribution in [0.3, 0.4) is 0 Å². The molecule has 2 rings (SSSR count). The normalized spacial score (nSPS) is 10.4. The number of nitrogens with zero attached hydrogens (tertiary/aromatic N) is 1. The zero-order chi connectivity index (χ0) is 9.97. The van der Waals surface area contributed by atoms with Crippen LogP contribution in [0.4, 0.5) is 5.69 Å². The molecule has 0 spiro atoms. The molecule has 0 fully saturated rings. The van der Waals surface area contributed by atoms with Crippen LogP contribution in [-0.4, -0.2) is 4.98 Å². The molecule has 0 aliphatic rings. The standard InChI is InChI=1S/C10H10N2S2/c1-7-6-13-10(12-7)14-9-4-2-8(11)3-5-9/h2-6H,11H2,1H3. The molecule has 0 bridgehead atoms. The fourth-order valence-corrected chi connectivity index (χ4v) is 2.83. The molecule has 2 N–H and O–H groups in total. The molecule has 0 unspecified atom stereocenters. The van der Waals surface area contributed by atoms with Gasteiger partial charge >= 0.3 is 0 Å². The highest BCUT2D eigenvalue weighted by Crippen LogP contribution is 2.30. The van der Waals surface area contributed by atoms with Crippen LogP contribution in [0.2, 0.25) is 0 Å². The minimum atomic E-state index is 0.796. The zero-order valence-corrected chi connectivity index (χ0v) is 9.36. The third-order valence-electron chi connectivity index (χ3n) is 1.68. The van der Waals surface area contributed by atoms with E-state index in [-0.39, 0.29) is 0 Å². The second-order valence-electron chi connectivity index (χ2n) is 2.93. The molecule has 0 aliphatic carbocycles. The van der Waals surface area contributed by atoms with Gasteiger partial charge in [-0.3, -0.25) is 0 Å². The van der Waals surface area contributed by atoms with E-state index in [1.54, 1.807) is 23.1 Å². The Morgan fingerprint density at radius 2 is 2.00 bits per heavy atom. The number of hydrogen-bond acceptors (Lipinski definition) is 4. The van der Waals surface area contributed by atoms with Crippen molar-refractivity contribution in [1.29, 1.82) is 0 Å². The van der Waals surface area contributed by atoms with Crippen LogP contribution in [-0.2, 0) is 0 Å². The summed E-state index contributed by atoms with van der Waals surface area (Å²) in [5.41, 5.74) is 7.47. The number of hydrogen-bond donors (Lipinski definition) is 1. The van der Waals surface area contributed by atoms with Gasteiger partial charge in [-0.2, -0.15) is 0 Å². The van der Waals surface area contributed by atoms with Crippen molar-refractivity contribution in [2.75, 3.05) is 5.73 Å². The Morgan fingerprint density at radius 3 is 2.57 bits per heavy atom. The van der Waals surface area contributed by atoms with Crippen molar-refractivity contribution in [2.45, 2.75) is 16.2 Å². The molecule has 72 valence electrons. The molecule has 1 aromatic carbocycles. The summed E-state index contributed by atoms with van der Waals surface area (Å²) in [5, 5.41) is 2.06. The lowest BCUT2D eigenvalue weighted by atomic mass is 10.3. The molecule has 14 heavy (non-hydrogen) atoms. The van der Waals surface area contributed by atoms with Gasteiger partial charge in [-0.05, 0) is 31.2 Å². The minimum Gasteiger partial charge on any atom is -0.399 e. The van der Waals surface area contributed by atoms with Crippen molar-refractivity contribution in [2.24, 2.45) is 0 Å². The Bertz CT molecular complexity index is 420. The summed E-state index contributed by atoms with van der Waals surface area (Å²) >= 11 is 3.34. The number of rotatable bonds is 2. The monoisotopic (exact) mass is 222 g/mol. The lowest BCUT2D eigenvalue weighted by Gasteiger charge is -1.97. The second-order valence-corrected chi connectivity index (χ2v) is 5.10. The van der Waals surface area contributed by atoms with Gasteiger partial charge in [-0.25, -0.2) is 4.98 Å². The lowest BCUT2D eigenvalue weighted by Crippen LogP contribution is -1.82. The average Bonchev–Trinajstić information content (AvgIpc) is 2.56. The molecular formula is C10H10N2S2. The molecule has 0 saturated heterocycles. The number of nitrogen functional groups attached to an aromatic ring is 1. The maximum atomic E-state index is 5.60. The van der Waals surface area contributed by atoms with E-state index in [1.165, 1.54) is 4.90 Å². The fraction of sp³-hybridized carbons (Fsp3) is 0.100. The van der Waals surface area contributed by atoms with Gasteiger partial charge in [0.2, 0.25) is 0 Å². The minimum absolute atomic E-state index is 0.796. The Kier molecular flexibility index (Phi) is 2.74. The number of thiazole rings is 1. The molecule has 0 radical (unpaired) electrons. The number of aromatic nitrogens is 1. The van der Waals surface area contributed by atoms with Gasteiger partial charge in [-0.15, -0.1) is 11.3 Å². The molecule has 4 heteroatoms. The number of anilines is 1.